The number of allylic oxidation sites excluding steroid dienone is 8. The van der Waals surface area contributed by atoms with E-state index in [0.717, 1.165) is 11.2 Å². The second-order valence-electron chi connectivity index (χ2n) is 15.2. The summed E-state index contributed by atoms with van der Waals surface area (Å²) < 4.78 is 8.90. The van der Waals surface area contributed by atoms with Crippen molar-refractivity contribution in [2.24, 2.45) is 11.8 Å². The molecule has 0 spiro atoms. The van der Waals surface area contributed by atoms with Gasteiger partial charge in [-0.3, -0.25) is 0 Å². The van der Waals surface area contributed by atoms with Crippen LogP contribution >= 0.6 is 0 Å². The molecule has 0 aliphatic heterocycles. The number of nitrogens with zero attached hydrogens (tertiary/aromatic N) is 1. The lowest BCUT2D eigenvalue weighted by Gasteiger charge is -2.31. The fraction of sp³-hybridized carbons (Fsp3) is 0.102. The SMILES string of the molecule is CC1(C)c2cc3c(cc2-c2c1ccc1c2c2ccccc2n1-c1ccc(C2=CC=C4c5ccccc5C5=CC=CC2C54)cc1)oc1ccccc13. The Labute approximate surface area is 296 Å². The van der Waals surface area contributed by atoms with E-state index in [-0.39, 0.29) is 5.41 Å². The van der Waals surface area contributed by atoms with Gasteiger partial charge < -0.3 is 8.98 Å². The van der Waals surface area contributed by atoms with E-state index in [2.05, 4.69) is 170 Å². The molecule has 240 valence electrons. The van der Waals surface area contributed by atoms with E-state index in [1.807, 2.05) is 0 Å². The maximum atomic E-state index is 6.44. The first-order valence-electron chi connectivity index (χ1n) is 18.1. The standard InChI is InChI=1S/C49H33NO/c1-49(2)40-24-25-43-48(47(40)39-27-45-38(26-41(39)49)33-12-6-8-17-44(33)51-45)37-13-5-7-16-42(37)50(43)29-20-18-28(19-21-29)30-22-23-36-32-11-4-3-10-31(32)35-15-9-14-34(30)46(35)36/h3-27,34,46H,1-2H3. The van der Waals surface area contributed by atoms with Gasteiger partial charge in [0.2, 0.25) is 0 Å². The van der Waals surface area contributed by atoms with Crippen molar-refractivity contribution in [2.75, 3.05) is 0 Å². The molecule has 2 atom stereocenters. The lowest BCUT2D eigenvalue weighted by Crippen LogP contribution is -2.18. The molecule has 0 bridgehead atoms. The van der Waals surface area contributed by atoms with E-state index in [4.69, 9.17) is 4.42 Å². The number of hydrogen-bond donors (Lipinski definition) is 0. The molecule has 0 amide bonds. The first-order chi connectivity index (χ1) is 25.1. The van der Waals surface area contributed by atoms with E-state index >= 15 is 0 Å². The van der Waals surface area contributed by atoms with Crippen LogP contribution in [0.1, 0.15) is 41.7 Å². The van der Waals surface area contributed by atoms with Gasteiger partial charge in [-0.1, -0.05) is 123 Å². The number of aromatic nitrogens is 1. The average molecular weight is 652 g/mol. The molecular formula is C49H33NO. The van der Waals surface area contributed by atoms with Crippen LogP contribution in [0.3, 0.4) is 0 Å². The summed E-state index contributed by atoms with van der Waals surface area (Å²) in [6.07, 6.45) is 11.7. The van der Waals surface area contributed by atoms with Gasteiger partial charge in [0.05, 0.1) is 11.0 Å². The fourth-order valence-electron chi connectivity index (χ4n) is 10.1. The van der Waals surface area contributed by atoms with Crippen LogP contribution in [0.25, 0.3) is 77.3 Å². The molecule has 0 N–H and O–H groups in total. The van der Waals surface area contributed by atoms with Gasteiger partial charge in [-0.25, -0.2) is 0 Å². The largest absolute Gasteiger partial charge is 0.456 e. The highest BCUT2D eigenvalue weighted by Gasteiger charge is 2.41. The summed E-state index contributed by atoms with van der Waals surface area (Å²) in [6.45, 7) is 4.75. The van der Waals surface area contributed by atoms with Gasteiger partial charge in [0, 0.05) is 44.5 Å². The number of furan rings is 1. The summed E-state index contributed by atoms with van der Waals surface area (Å²) in [6, 6.07) is 44.9. The molecule has 12 rings (SSSR count). The van der Waals surface area contributed by atoms with Crippen molar-refractivity contribution >= 4 is 60.5 Å². The van der Waals surface area contributed by atoms with Crippen molar-refractivity contribution < 1.29 is 4.42 Å². The van der Waals surface area contributed by atoms with E-state index < -0.39 is 0 Å². The Balaban J connectivity index is 1.02. The van der Waals surface area contributed by atoms with Crippen molar-refractivity contribution in [3.05, 3.63) is 180 Å². The first-order valence-corrected chi connectivity index (χ1v) is 18.1. The molecule has 6 aromatic carbocycles. The van der Waals surface area contributed by atoms with E-state index in [0.29, 0.717) is 11.8 Å². The molecule has 8 aromatic rings. The molecule has 2 unspecified atom stereocenters. The smallest absolute Gasteiger partial charge is 0.136 e. The van der Waals surface area contributed by atoms with Crippen LogP contribution in [0, 0.1) is 11.8 Å². The minimum atomic E-state index is -0.137. The quantitative estimate of drug-likeness (QED) is 0.182. The molecule has 2 aromatic heterocycles. The minimum absolute atomic E-state index is 0.137. The minimum Gasteiger partial charge on any atom is -0.456 e. The molecule has 4 aliphatic rings. The van der Waals surface area contributed by atoms with E-state index in [1.54, 1.807) is 0 Å². The maximum Gasteiger partial charge on any atom is 0.136 e. The summed E-state index contributed by atoms with van der Waals surface area (Å²) in [4.78, 5) is 0. The summed E-state index contributed by atoms with van der Waals surface area (Å²) >= 11 is 0. The zero-order chi connectivity index (χ0) is 33.6. The Morgan fingerprint density at radius 2 is 1.29 bits per heavy atom. The molecule has 0 saturated carbocycles. The van der Waals surface area contributed by atoms with Crippen molar-refractivity contribution in [1.82, 2.24) is 4.57 Å². The van der Waals surface area contributed by atoms with Gasteiger partial charge in [-0.2, -0.15) is 0 Å². The van der Waals surface area contributed by atoms with Crippen molar-refractivity contribution in [3.63, 3.8) is 0 Å². The number of hydrogen-bond acceptors (Lipinski definition) is 1. The highest BCUT2D eigenvalue weighted by molar-refractivity contribution is 6.19. The molecule has 2 heterocycles. The predicted molar refractivity (Wildman–Crippen MR) is 212 cm³/mol. The second kappa shape index (κ2) is 9.56. The van der Waals surface area contributed by atoms with Crippen molar-refractivity contribution in [2.45, 2.75) is 19.3 Å². The third-order valence-electron chi connectivity index (χ3n) is 12.4. The van der Waals surface area contributed by atoms with Crippen LogP contribution in [0.2, 0.25) is 0 Å². The third-order valence-corrected chi connectivity index (χ3v) is 12.4. The van der Waals surface area contributed by atoms with Gasteiger partial charge in [-0.05, 0) is 98.1 Å². The monoisotopic (exact) mass is 651 g/mol. The fourth-order valence-corrected chi connectivity index (χ4v) is 10.1. The summed E-state index contributed by atoms with van der Waals surface area (Å²) in [7, 11) is 0. The van der Waals surface area contributed by atoms with Gasteiger partial charge in [-0.15, -0.1) is 0 Å². The summed E-state index contributed by atoms with van der Waals surface area (Å²) in [5.41, 5.74) is 19.1. The summed E-state index contributed by atoms with van der Waals surface area (Å²) in [5, 5.41) is 4.96. The van der Waals surface area contributed by atoms with Crippen LogP contribution in [0.5, 0.6) is 0 Å². The molecule has 0 fully saturated rings. The Morgan fingerprint density at radius 3 is 2.14 bits per heavy atom. The molecule has 0 radical (unpaired) electrons. The topological polar surface area (TPSA) is 18.1 Å². The lowest BCUT2D eigenvalue weighted by molar-refractivity contribution is 0.658. The highest BCUT2D eigenvalue weighted by atomic mass is 16.3. The molecular weight excluding hydrogens is 619 g/mol. The van der Waals surface area contributed by atoms with E-state index in [1.165, 1.54) is 93.9 Å². The van der Waals surface area contributed by atoms with Crippen LogP contribution in [-0.2, 0) is 5.41 Å². The highest BCUT2D eigenvalue weighted by Crippen LogP contribution is 2.57. The Bertz CT molecular complexity index is 2990. The van der Waals surface area contributed by atoms with Crippen LogP contribution in [0.15, 0.2) is 156 Å². The van der Waals surface area contributed by atoms with Crippen LogP contribution < -0.4 is 0 Å². The molecule has 2 nitrogen and oxygen atoms in total. The van der Waals surface area contributed by atoms with Crippen LogP contribution in [0.4, 0.5) is 0 Å². The summed E-state index contributed by atoms with van der Waals surface area (Å²) in [5.74, 6) is 0.722. The zero-order valence-corrected chi connectivity index (χ0v) is 28.4. The predicted octanol–water partition coefficient (Wildman–Crippen LogP) is 12.7. The maximum absolute atomic E-state index is 6.44. The first kappa shape index (κ1) is 27.7. The zero-order valence-electron chi connectivity index (χ0n) is 28.4. The van der Waals surface area contributed by atoms with E-state index in [9.17, 15) is 0 Å². The molecule has 51 heavy (non-hydrogen) atoms. The van der Waals surface area contributed by atoms with Gasteiger partial charge in [0.15, 0.2) is 0 Å². The second-order valence-corrected chi connectivity index (χ2v) is 15.2. The normalized spacial score (nSPS) is 19.2. The third kappa shape index (κ3) is 3.47. The molecule has 4 aliphatic carbocycles. The molecule has 0 saturated heterocycles. The van der Waals surface area contributed by atoms with Crippen molar-refractivity contribution in [3.8, 4) is 16.8 Å². The Kier molecular flexibility index (Phi) is 5.19. The average Bonchev–Trinajstić information content (AvgIpc) is 3.87. The molecule has 2 heteroatoms. The number of fused-ring (bicyclic) bond motifs is 13. The Morgan fingerprint density at radius 1 is 0.569 bits per heavy atom. The van der Waals surface area contributed by atoms with Crippen molar-refractivity contribution in [1.29, 1.82) is 0 Å². The number of rotatable bonds is 2. The van der Waals surface area contributed by atoms with Crippen LogP contribution in [-0.4, -0.2) is 4.57 Å². The lowest BCUT2D eigenvalue weighted by atomic mass is 9.72. The number of para-hydroxylation sites is 2. The Hall–Kier alpha value is -6.12. The number of benzene rings is 6. The van der Waals surface area contributed by atoms with Gasteiger partial charge in [0.25, 0.3) is 0 Å². The van der Waals surface area contributed by atoms with Gasteiger partial charge >= 0.3 is 0 Å². The van der Waals surface area contributed by atoms with Gasteiger partial charge in [0.1, 0.15) is 11.2 Å².